The van der Waals surface area contributed by atoms with Crippen molar-refractivity contribution in [3.05, 3.63) is 378 Å². The Kier molecular flexibility index (Phi) is 12.5. The van der Waals surface area contributed by atoms with Gasteiger partial charge in [0.25, 0.3) is 0 Å². The maximum absolute atomic E-state index is 2.55. The first-order chi connectivity index (χ1) is 46.1. The summed E-state index contributed by atoms with van der Waals surface area (Å²) in [4.78, 5) is 7.31. The maximum Gasteiger partial charge on any atom is 0.0725 e. The van der Waals surface area contributed by atoms with Crippen molar-refractivity contribution in [2.45, 2.75) is 43.9 Å². The van der Waals surface area contributed by atoms with Crippen molar-refractivity contribution in [1.29, 1.82) is 0 Å². The van der Waals surface area contributed by atoms with Gasteiger partial charge in [-0.25, -0.2) is 0 Å². The number of fused-ring (bicyclic) bond motifs is 16. The Morgan fingerprint density at radius 2 is 0.447 bits per heavy atom. The van der Waals surface area contributed by atoms with E-state index in [0.29, 0.717) is 0 Å². The van der Waals surface area contributed by atoms with Crippen LogP contribution in [0.25, 0.3) is 66.8 Å². The van der Waals surface area contributed by atoms with E-state index < -0.39 is 5.41 Å². The van der Waals surface area contributed by atoms with Crippen LogP contribution in [-0.2, 0) is 16.2 Å². The van der Waals surface area contributed by atoms with Crippen molar-refractivity contribution < 1.29 is 0 Å². The van der Waals surface area contributed by atoms with E-state index in [1.54, 1.807) is 0 Å². The second-order valence-corrected chi connectivity index (χ2v) is 26.8. The van der Waals surface area contributed by atoms with Crippen LogP contribution in [-0.4, -0.2) is 0 Å². The van der Waals surface area contributed by atoms with Crippen LogP contribution < -0.4 is 14.7 Å². The summed E-state index contributed by atoms with van der Waals surface area (Å²) >= 11 is 0. The van der Waals surface area contributed by atoms with E-state index in [9.17, 15) is 0 Å². The van der Waals surface area contributed by atoms with Crippen molar-refractivity contribution in [3.63, 3.8) is 0 Å². The molecule has 0 saturated carbocycles. The van der Waals surface area contributed by atoms with Gasteiger partial charge in [0, 0.05) is 62.0 Å². The maximum atomic E-state index is 2.55. The molecule has 14 aromatic carbocycles. The van der Waals surface area contributed by atoms with Crippen LogP contribution in [0.2, 0.25) is 0 Å². The number of nitrogens with zero attached hydrogens (tertiary/aromatic N) is 3. The topological polar surface area (TPSA) is 9.72 Å². The lowest BCUT2D eigenvalue weighted by molar-refractivity contribution is 0.660. The van der Waals surface area contributed by atoms with Gasteiger partial charge in [-0.05, 0) is 227 Å². The molecule has 3 nitrogen and oxygen atoms in total. The molecule has 0 N–H and O–H groups in total. The van der Waals surface area contributed by atoms with Crippen molar-refractivity contribution in [1.82, 2.24) is 0 Å². The van der Waals surface area contributed by atoms with Gasteiger partial charge in [0.15, 0.2) is 0 Å². The minimum Gasteiger partial charge on any atom is -0.311 e. The number of para-hydroxylation sites is 4. The fourth-order valence-corrected chi connectivity index (χ4v) is 16.6. The average molecular weight is 1200 g/mol. The van der Waals surface area contributed by atoms with E-state index in [4.69, 9.17) is 0 Å². The smallest absolute Gasteiger partial charge is 0.0725 e. The monoisotopic (exact) mass is 1200 g/mol. The molecule has 3 heteroatoms. The molecule has 18 rings (SSSR count). The van der Waals surface area contributed by atoms with Crippen LogP contribution in [0.3, 0.4) is 0 Å². The summed E-state index contributed by atoms with van der Waals surface area (Å²) in [5.74, 6) is 0. The van der Waals surface area contributed by atoms with E-state index >= 15 is 0 Å². The quantitative estimate of drug-likeness (QED) is 0.128. The number of hydrogen-bond acceptors (Lipinski definition) is 3. The first-order valence-electron chi connectivity index (χ1n) is 33.0. The van der Waals surface area contributed by atoms with E-state index in [2.05, 4.69) is 376 Å². The molecule has 0 saturated heterocycles. The fourth-order valence-electron chi connectivity index (χ4n) is 16.6. The summed E-state index contributed by atoms with van der Waals surface area (Å²) in [6, 6.07) is 125. The molecule has 446 valence electrons. The van der Waals surface area contributed by atoms with Crippen LogP contribution in [0.5, 0.6) is 0 Å². The van der Waals surface area contributed by atoms with Crippen LogP contribution in [0.4, 0.5) is 51.2 Å². The standard InChI is InChI=1S/C91H67N3/c1-89(2)81-37-21-17-33-73(81)77-51-47-69(58-85(77)89)93(66-29-13-7-14-30-66)71-53-63(54-72(57-71)94(67-31-15-8-16-32-67)70-48-52-78-74-34-18-22-38-82(74)90(3,4)86(78)59-70)62-44-50-80-79-49-43-61(60-41-45-68(46-42-60)92(64-25-9-5-10-26-64)65-27-11-6-12-28-65)55-87(79)91(88(80)56-62)83-39-23-19-35-75(83)76-36-20-24-40-84(76)91/h5-59H,1-4H3. The highest BCUT2D eigenvalue weighted by Crippen LogP contribution is 2.64. The molecule has 0 atom stereocenters. The summed E-state index contributed by atoms with van der Waals surface area (Å²) in [5.41, 5.74) is 34.3. The molecule has 0 radical (unpaired) electrons. The normalized spacial score (nSPS) is 14.0. The summed E-state index contributed by atoms with van der Waals surface area (Å²) in [7, 11) is 0. The van der Waals surface area contributed by atoms with Gasteiger partial charge in [-0.1, -0.05) is 246 Å². The second-order valence-electron chi connectivity index (χ2n) is 26.8. The van der Waals surface area contributed by atoms with Gasteiger partial charge in [0.05, 0.1) is 5.41 Å². The molecule has 0 fully saturated rings. The molecular formula is C91H67N3. The first kappa shape index (κ1) is 55.3. The van der Waals surface area contributed by atoms with Gasteiger partial charge in [-0.15, -0.1) is 0 Å². The highest BCUT2D eigenvalue weighted by molar-refractivity contribution is 5.99. The van der Waals surface area contributed by atoms with Crippen molar-refractivity contribution in [2.24, 2.45) is 0 Å². The van der Waals surface area contributed by atoms with Crippen LogP contribution >= 0.6 is 0 Å². The van der Waals surface area contributed by atoms with Gasteiger partial charge in [-0.2, -0.15) is 0 Å². The lowest BCUT2D eigenvalue weighted by Gasteiger charge is -2.32. The number of rotatable bonds is 11. The van der Waals surface area contributed by atoms with E-state index in [1.165, 1.54) is 100 Å². The molecular weight excluding hydrogens is 1140 g/mol. The average Bonchev–Trinajstić information content (AvgIpc) is 1.51. The molecule has 0 unspecified atom stereocenters. The molecule has 1 spiro atoms. The zero-order chi connectivity index (χ0) is 62.9. The highest BCUT2D eigenvalue weighted by Gasteiger charge is 2.52. The van der Waals surface area contributed by atoms with E-state index in [-0.39, 0.29) is 10.8 Å². The summed E-state index contributed by atoms with van der Waals surface area (Å²) in [6.07, 6.45) is 0. The third kappa shape index (κ3) is 8.37. The Morgan fingerprint density at radius 3 is 0.851 bits per heavy atom. The number of benzene rings is 14. The van der Waals surface area contributed by atoms with Crippen LogP contribution in [0.15, 0.2) is 334 Å². The third-order valence-electron chi connectivity index (χ3n) is 21.0. The minimum absolute atomic E-state index is 0.198. The highest BCUT2D eigenvalue weighted by atomic mass is 15.2. The van der Waals surface area contributed by atoms with Gasteiger partial charge in [0.1, 0.15) is 0 Å². The third-order valence-corrected chi connectivity index (χ3v) is 21.0. The Morgan fingerprint density at radius 1 is 0.170 bits per heavy atom. The van der Waals surface area contributed by atoms with Gasteiger partial charge >= 0.3 is 0 Å². The Bertz CT molecular complexity index is 5060. The van der Waals surface area contributed by atoms with Crippen molar-refractivity contribution >= 4 is 51.2 Å². The fraction of sp³-hybridized carbons (Fsp3) is 0.0769. The predicted octanol–water partition coefficient (Wildman–Crippen LogP) is 24.4. The Hall–Kier alpha value is -11.5. The van der Waals surface area contributed by atoms with E-state index in [1.807, 2.05) is 0 Å². The zero-order valence-corrected chi connectivity index (χ0v) is 53.1. The summed E-state index contributed by atoms with van der Waals surface area (Å²) < 4.78 is 0. The molecule has 4 aliphatic rings. The van der Waals surface area contributed by atoms with Crippen LogP contribution in [0, 0.1) is 0 Å². The molecule has 0 amide bonds. The number of hydrogen-bond donors (Lipinski definition) is 0. The SMILES string of the molecule is CC1(C)c2ccccc2-c2ccc(N(c3ccccc3)c3cc(-c4ccc5c(c4)C4(c6ccccc6-c6ccccc64)c4cc(-c6ccc(N(c7ccccc7)c7ccccc7)cc6)ccc4-5)cc(N(c4ccccc4)c4ccc5c(c4)C(C)(C)c4ccccc4-5)c3)cc21. The largest absolute Gasteiger partial charge is 0.311 e. The summed E-state index contributed by atoms with van der Waals surface area (Å²) in [5, 5.41) is 0. The predicted molar refractivity (Wildman–Crippen MR) is 393 cm³/mol. The van der Waals surface area contributed by atoms with Crippen molar-refractivity contribution in [2.75, 3.05) is 14.7 Å². The number of anilines is 9. The second kappa shape index (κ2) is 21.3. The van der Waals surface area contributed by atoms with Crippen LogP contribution in [0.1, 0.15) is 72.2 Å². The first-order valence-corrected chi connectivity index (χ1v) is 33.0. The molecule has 0 heterocycles. The van der Waals surface area contributed by atoms with Gasteiger partial charge in [-0.3, -0.25) is 0 Å². The van der Waals surface area contributed by atoms with Gasteiger partial charge in [0.2, 0.25) is 0 Å². The zero-order valence-electron chi connectivity index (χ0n) is 53.1. The molecule has 0 bridgehead atoms. The van der Waals surface area contributed by atoms with E-state index in [0.717, 1.165) is 62.3 Å². The van der Waals surface area contributed by atoms with Gasteiger partial charge < -0.3 is 14.7 Å². The van der Waals surface area contributed by atoms with Crippen molar-refractivity contribution in [3.8, 4) is 66.8 Å². The molecule has 94 heavy (non-hydrogen) atoms. The lowest BCUT2D eigenvalue weighted by Crippen LogP contribution is -2.26. The minimum atomic E-state index is -0.614. The molecule has 0 aromatic heterocycles. The Labute approximate surface area is 551 Å². The molecule has 0 aliphatic heterocycles. The summed E-state index contributed by atoms with van der Waals surface area (Å²) in [6.45, 7) is 9.52. The molecule has 14 aromatic rings. The Balaban J connectivity index is 0.844. The molecule has 4 aliphatic carbocycles. The lowest BCUT2D eigenvalue weighted by atomic mass is 9.70.